The van der Waals surface area contributed by atoms with Crippen LogP contribution in [0.1, 0.15) is 33.6 Å². The molecule has 184 valence electrons. The number of carbonyl (C=O) groups is 2. The van der Waals surface area contributed by atoms with Gasteiger partial charge in [-0.3, -0.25) is 9.59 Å². The molecule has 10 heteroatoms. The van der Waals surface area contributed by atoms with Gasteiger partial charge in [0.15, 0.2) is 0 Å². The Morgan fingerprint density at radius 1 is 0.935 bits per heavy atom. The predicted octanol–water partition coefficient (Wildman–Crippen LogP) is 2.83. The first kappa shape index (κ1) is 30.3. The molecule has 8 nitrogen and oxygen atoms in total. The molecule has 0 radical (unpaired) electrons. The number of quaternary nitrogens is 1. The molecular weight excluding hydrogens is 438 g/mol. The van der Waals surface area contributed by atoms with E-state index in [1.807, 2.05) is 28.1 Å². The average molecular weight is 483 g/mol. The first-order chi connectivity index (χ1) is 14.2. The zero-order chi connectivity index (χ0) is 24.3. The van der Waals surface area contributed by atoms with Gasteiger partial charge in [0, 0.05) is 33.1 Å². The molecule has 0 N–H and O–H groups in total. The molecule has 1 atom stereocenters. The Labute approximate surface area is 194 Å². The summed E-state index contributed by atoms with van der Waals surface area (Å²) in [5.74, 6) is 0.738. The Kier molecular flexibility index (Phi) is 12.9. The van der Waals surface area contributed by atoms with Gasteiger partial charge in [-0.05, 0) is 39.4 Å². The lowest BCUT2D eigenvalue weighted by atomic mass is 9.75. The summed E-state index contributed by atoms with van der Waals surface area (Å²) in [5, 5.41) is 0. The third kappa shape index (κ3) is 10.7. The first-order valence-corrected chi connectivity index (χ1v) is 13.6. The fourth-order valence-electron chi connectivity index (χ4n) is 3.34. The molecule has 0 aliphatic heterocycles. The number of hydrogen-bond donors (Lipinski definition) is 0. The fraction of sp³-hybridized carbons (Fsp3) is 0.905. The van der Waals surface area contributed by atoms with Crippen LogP contribution in [0.2, 0.25) is 6.04 Å². The van der Waals surface area contributed by atoms with Crippen molar-refractivity contribution < 1.29 is 36.8 Å². The monoisotopic (exact) mass is 482 g/mol. The van der Waals surface area contributed by atoms with Gasteiger partial charge in [0.25, 0.3) is 0 Å². The van der Waals surface area contributed by atoms with Crippen molar-refractivity contribution in [2.75, 3.05) is 74.2 Å². The molecule has 1 unspecified atom stereocenters. The Bertz CT molecular complexity index is 556. The van der Waals surface area contributed by atoms with Crippen LogP contribution in [0.25, 0.3) is 0 Å². The molecule has 0 fully saturated rings. The van der Waals surface area contributed by atoms with Crippen LogP contribution < -0.4 is 0 Å². The Hall–Kier alpha value is -0.653. The summed E-state index contributed by atoms with van der Waals surface area (Å²) in [4.78, 5) is 25.3. The number of esters is 2. The van der Waals surface area contributed by atoms with Crippen LogP contribution >= 0.6 is 11.8 Å². The third-order valence-corrected chi connectivity index (χ3v) is 9.43. The molecular formula is C21H44NO7SSi+. The highest BCUT2D eigenvalue weighted by Gasteiger charge is 2.44. The van der Waals surface area contributed by atoms with Crippen LogP contribution in [0.3, 0.4) is 0 Å². The van der Waals surface area contributed by atoms with Crippen molar-refractivity contribution >= 4 is 32.5 Å². The average Bonchev–Trinajstić information content (AvgIpc) is 2.69. The molecule has 0 bridgehead atoms. The van der Waals surface area contributed by atoms with Crippen molar-refractivity contribution in [1.29, 1.82) is 0 Å². The van der Waals surface area contributed by atoms with E-state index in [0.29, 0.717) is 35.9 Å². The van der Waals surface area contributed by atoms with Crippen LogP contribution in [0, 0.1) is 10.8 Å². The fourth-order valence-corrected chi connectivity index (χ4v) is 6.48. The normalized spacial score (nSPS) is 14.8. The van der Waals surface area contributed by atoms with Crippen LogP contribution in [0.15, 0.2) is 0 Å². The summed E-state index contributed by atoms with van der Waals surface area (Å²) in [7, 11) is 9.72. The number of carbonyl (C=O) groups excluding carboxylic acids is 2. The highest BCUT2D eigenvalue weighted by atomic mass is 32.2. The van der Waals surface area contributed by atoms with E-state index in [1.54, 1.807) is 46.9 Å². The second-order valence-electron chi connectivity index (χ2n) is 9.71. The number of rotatable bonds is 16. The van der Waals surface area contributed by atoms with E-state index in [0.717, 1.165) is 12.2 Å². The maximum atomic E-state index is 13.1. The SMILES string of the molecule is COC(=O)C(C)(C)CC(C)(CSCCC[Si](OC)(OC)OC)C(=O)OCC[N+](C)(C)C. The summed E-state index contributed by atoms with van der Waals surface area (Å²) < 4.78 is 27.7. The summed E-state index contributed by atoms with van der Waals surface area (Å²) >= 11 is 1.66. The second-order valence-corrected chi connectivity index (χ2v) is 13.9. The smallest absolute Gasteiger partial charge is 0.469 e. The summed E-state index contributed by atoms with van der Waals surface area (Å²) in [6.07, 6.45) is 1.18. The maximum absolute atomic E-state index is 13.1. The predicted molar refractivity (Wildman–Crippen MR) is 126 cm³/mol. The number of methoxy groups -OCH3 is 1. The molecule has 0 aliphatic carbocycles. The molecule has 0 heterocycles. The van der Waals surface area contributed by atoms with E-state index >= 15 is 0 Å². The second kappa shape index (κ2) is 13.2. The molecule has 31 heavy (non-hydrogen) atoms. The molecule has 0 aromatic heterocycles. The van der Waals surface area contributed by atoms with Crippen LogP contribution in [0.4, 0.5) is 0 Å². The minimum atomic E-state index is -2.60. The lowest BCUT2D eigenvalue weighted by Gasteiger charge is -2.34. The molecule has 0 rings (SSSR count). The van der Waals surface area contributed by atoms with E-state index in [9.17, 15) is 9.59 Å². The zero-order valence-corrected chi connectivity index (χ0v) is 23.0. The zero-order valence-electron chi connectivity index (χ0n) is 21.2. The first-order valence-electron chi connectivity index (χ1n) is 10.5. The largest absolute Gasteiger partial charge is 0.500 e. The molecule has 0 spiro atoms. The van der Waals surface area contributed by atoms with E-state index in [-0.39, 0.29) is 11.9 Å². The van der Waals surface area contributed by atoms with Crippen molar-refractivity contribution in [3.63, 3.8) is 0 Å². The van der Waals surface area contributed by atoms with Crippen LogP contribution in [-0.4, -0.2) is 99.5 Å². The Balaban J connectivity index is 5.10. The summed E-state index contributed by atoms with van der Waals surface area (Å²) in [6, 6.07) is 0.696. The number of hydrogen-bond acceptors (Lipinski definition) is 8. The molecule has 0 aromatic carbocycles. The molecule has 0 saturated carbocycles. The minimum Gasteiger partial charge on any atom is -0.469 e. The topological polar surface area (TPSA) is 80.3 Å². The quantitative estimate of drug-likeness (QED) is 0.144. The van der Waals surface area contributed by atoms with E-state index in [1.165, 1.54) is 7.11 Å². The van der Waals surface area contributed by atoms with Crippen molar-refractivity contribution in [2.45, 2.75) is 39.7 Å². The standard InChI is InChI=1S/C21H44NO7SSi/c1-20(2,18(23)25-7)16-21(3,19(24)29-13-12-22(4,5)6)17-30-14-11-15-31(26-8,27-9)28-10/h11-17H2,1-10H3/q+1. The molecule has 0 amide bonds. The lowest BCUT2D eigenvalue weighted by molar-refractivity contribution is -0.870. The van der Waals surface area contributed by atoms with Gasteiger partial charge in [-0.2, -0.15) is 11.8 Å². The van der Waals surface area contributed by atoms with Gasteiger partial charge in [0.1, 0.15) is 13.2 Å². The lowest BCUT2D eigenvalue weighted by Crippen LogP contribution is -2.43. The number of nitrogens with zero attached hydrogens (tertiary/aromatic N) is 1. The highest BCUT2D eigenvalue weighted by Crippen LogP contribution is 2.38. The van der Waals surface area contributed by atoms with Gasteiger partial charge < -0.3 is 27.2 Å². The van der Waals surface area contributed by atoms with Gasteiger partial charge in [0.05, 0.1) is 39.1 Å². The van der Waals surface area contributed by atoms with Gasteiger partial charge in [-0.25, -0.2) is 0 Å². The number of likely N-dealkylation sites (N-methyl/N-ethyl adjacent to an activating group) is 1. The molecule has 0 aliphatic rings. The van der Waals surface area contributed by atoms with E-state index in [4.69, 9.17) is 22.8 Å². The van der Waals surface area contributed by atoms with Crippen LogP contribution in [0.5, 0.6) is 0 Å². The van der Waals surface area contributed by atoms with Crippen molar-refractivity contribution in [3.05, 3.63) is 0 Å². The van der Waals surface area contributed by atoms with Gasteiger partial charge in [0.2, 0.25) is 0 Å². The Morgan fingerprint density at radius 2 is 1.48 bits per heavy atom. The van der Waals surface area contributed by atoms with Gasteiger partial charge >= 0.3 is 20.7 Å². The minimum absolute atomic E-state index is 0.278. The van der Waals surface area contributed by atoms with E-state index < -0.39 is 19.6 Å². The summed E-state index contributed by atoms with van der Waals surface area (Å²) in [5.41, 5.74) is -1.61. The van der Waals surface area contributed by atoms with Crippen molar-refractivity contribution in [2.24, 2.45) is 10.8 Å². The highest BCUT2D eigenvalue weighted by molar-refractivity contribution is 7.99. The van der Waals surface area contributed by atoms with Crippen molar-refractivity contribution in [1.82, 2.24) is 0 Å². The summed E-state index contributed by atoms with van der Waals surface area (Å²) in [6.45, 7) is 6.53. The third-order valence-electron chi connectivity index (χ3n) is 5.18. The van der Waals surface area contributed by atoms with Crippen molar-refractivity contribution in [3.8, 4) is 0 Å². The van der Waals surface area contributed by atoms with Crippen LogP contribution in [-0.2, 0) is 32.3 Å². The molecule has 0 saturated heterocycles. The molecule has 0 aromatic rings. The number of thioether (sulfide) groups is 1. The van der Waals surface area contributed by atoms with Gasteiger partial charge in [-0.15, -0.1) is 0 Å². The Morgan fingerprint density at radius 3 is 1.94 bits per heavy atom. The van der Waals surface area contributed by atoms with E-state index in [2.05, 4.69) is 0 Å². The van der Waals surface area contributed by atoms with Gasteiger partial charge in [-0.1, -0.05) is 0 Å². The maximum Gasteiger partial charge on any atom is 0.500 e. The number of ether oxygens (including phenoxy) is 2.